The van der Waals surface area contributed by atoms with Crippen LogP contribution < -0.4 is 14.2 Å². The molecule has 234 valence electrons. The fraction of sp³-hybridized carbons (Fsp3) is 0.0714. The largest absolute Gasteiger partial charge is 0.458 e. The maximum atomic E-state index is 6.03. The highest BCUT2D eigenvalue weighted by molar-refractivity contribution is 5.65. The highest BCUT2D eigenvalue weighted by atomic mass is 16.5. The maximum Gasteiger partial charge on any atom is 0.326 e. The molecule has 6 nitrogen and oxygen atoms in total. The van der Waals surface area contributed by atoms with Gasteiger partial charge in [-0.3, -0.25) is 0 Å². The van der Waals surface area contributed by atoms with Gasteiger partial charge in [-0.2, -0.15) is 0 Å². The first kappa shape index (κ1) is 30.4. The molecule has 0 bridgehead atoms. The zero-order chi connectivity index (χ0) is 32.4. The summed E-state index contributed by atoms with van der Waals surface area (Å²) in [6.07, 6.45) is 0. The van der Waals surface area contributed by atoms with Gasteiger partial charge in [-0.15, -0.1) is 15.0 Å². The third-order valence-electron chi connectivity index (χ3n) is 7.86. The summed E-state index contributed by atoms with van der Waals surface area (Å²) in [7, 11) is 0. The van der Waals surface area contributed by atoms with Crippen LogP contribution in [0.2, 0.25) is 0 Å². The van der Waals surface area contributed by atoms with Crippen LogP contribution in [0, 0.1) is 0 Å². The monoisotopic (exact) mass is 627 g/mol. The Morgan fingerprint density at radius 2 is 0.500 bits per heavy atom. The summed E-state index contributed by atoms with van der Waals surface area (Å²) in [5.41, 5.74) is 9.85. The number of benzene rings is 6. The van der Waals surface area contributed by atoms with Crippen molar-refractivity contribution in [2.75, 3.05) is 0 Å². The summed E-state index contributed by atoms with van der Waals surface area (Å²) < 4.78 is 18.1. The van der Waals surface area contributed by atoms with Crippen molar-refractivity contribution in [3.63, 3.8) is 0 Å². The Morgan fingerprint density at radius 3 is 0.750 bits per heavy atom. The van der Waals surface area contributed by atoms with Crippen molar-refractivity contribution in [2.24, 2.45) is 0 Å². The number of hydrogen-bond donors (Lipinski definition) is 0. The molecule has 0 fully saturated rings. The van der Waals surface area contributed by atoms with Crippen LogP contribution in [0.15, 0.2) is 164 Å². The van der Waals surface area contributed by atoms with Crippen molar-refractivity contribution < 1.29 is 14.2 Å². The molecule has 0 aliphatic rings. The van der Waals surface area contributed by atoms with Gasteiger partial charge in [-0.05, 0) is 50.1 Å². The summed E-state index contributed by atoms with van der Waals surface area (Å²) in [4.78, 5) is 13.3. The zero-order valence-corrected chi connectivity index (χ0v) is 26.3. The molecule has 1 aromatic heterocycles. The predicted octanol–water partition coefficient (Wildman–Crippen LogP) is 9.61. The maximum absolute atomic E-state index is 6.03. The summed E-state index contributed by atoms with van der Waals surface area (Å²) in [5, 5.41) is 0. The third-order valence-corrected chi connectivity index (χ3v) is 7.86. The second kappa shape index (κ2) is 14.9. The molecule has 6 heteroatoms. The van der Waals surface area contributed by atoms with Crippen molar-refractivity contribution in [2.45, 2.75) is 19.8 Å². The molecule has 7 aromatic rings. The van der Waals surface area contributed by atoms with Crippen molar-refractivity contribution in [1.82, 2.24) is 15.0 Å². The van der Waals surface area contributed by atoms with Crippen LogP contribution in [-0.2, 0) is 19.8 Å². The number of aromatic nitrogens is 3. The smallest absolute Gasteiger partial charge is 0.326 e. The minimum atomic E-state index is 0.126. The highest BCUT2D eigenvalue weighted by Crippen LogP contribution is 2.24. The Labute approximate surface area is 280 Å². The van der Waals surface area contributed by atoms with Crippen molar-refractivity contribution in [3.05, 3.63) is 180 Å². The summed E-state index contributed by atoms with van der Waals surface area (Å²) in [6.45, 7) is 0.833. The molecular formula is C42H33N3O3. The van der Waals surface area contributed by atoms with E-state index in [0.717, 1.165) is 50.1 Å². The average molecular weight is 628 g/mol. The van der Waals surface area contributed by atoms with Crippen LogP contribution in [0.5, 0.6) is 18.0 Å². The molecule has 0 saturated carbocycles. The lowest BCUT2D eigenvalue weighted by atomic mass is 10.0. The van der Waals surface area contributed by atoms with Gasteiger partial charge in [0, 0.05) is 0 Å². The van der Waals surface area contributed by atoms with Gasteiger partial charge < -0.3 is 14.2 Å². The molecule has 0 aliphatic heterocycles. The van der Waals surface area contributed by atoms with E-state index in [2.05, 4.69) is 87.7 Å². The summed E-state index contributed by atoms with van der Waals surface area (Å²) in [5.74, 6) is 0. The Bertz CT molecular complexity index is 1780. The molecule has 0 atom stereocenters. The molecular weight excluding hydrogens is 594 g/mol. The summed E-state index contributed by atoms with van der Waals surface area (Å²) in [6, 6.07) is 55.9. The molecule has 1 heterocycles. The second-order valence-corrected chi connectivity index (χ2v) is 11.2. The fourth-order valence-corrected chi connectivity index (χ4v) is 5.23. The standard InChI is InChI=1S/C42H33N3O3/c1-4-10-34(11-5-1)37-22-16-31(17-23-37)28-46-40-43-41(47-29-32-18-24-38(25-19-32)35-12-6-2-7-13-35)45-42(44-40)48-30-33-20-26-39(27-21-33)36-14-8-3-9-15-36/h1-27H,28-30H2. The molecule has 0 aliphatic carbocycles. The van der Waals surface area contributed by atoms with Gasteiger partial charge in [-0.1, -0.05) is 164 Å². The van der Waals surface area contributed by atoms with E-state index < -0.39 is 0 Å². The number of nitrogens with zero attached hydrogens (tertiary/aromatic N) is 3. The van der Waals surface area contributed by atoms with E-state index in [1.165, 1.54) is 0 Å². The van der Waals surface area contributed by atoms with Gasteiger partial charge >= 0.3 is 18.0 Å². The van der Waals surface area contributed by atoms with Crippen LogP contribution in [-0.4, -0.2) is 15.0 Å². The Hall–Kier alpha value is -6.27. The van der Waals surface area contributed by atoms with E-state index in [-0.39, 0.29) is 37.9 Å². The van der Waals surface area contributed by atoms with E-state index in [0.29, 0.717) is 0 Å². The van der Waals surface area contributed by atoms with Crippen molar-refractivity contribution in [3.8, 4) is 51.4 Å². The lowest BCUT2D eigenvalue weighted by Crippen LogP contribution is -2.07. The van der Waals surface area contributed by atoms with Gasteiger partial charge in [0.1, 0.15) is 19.8 Å². The first-order valence-corrected chi connectivity index (χ1v) is 15.8. The molecule has 0 amide bonds. The quantitative estimate of drug-likeness (QED) is 0.134. The van der Waals surface area contributed by atoms with Gasteiger partial charge in [0.05, 0.1) is 0 Å². The topological polar surface area (TPSA) is 66.4 Å². The van der Waals surface area contributed by atoms with E-state index in [4.69, 9.17) is 14.2 Å². The minimum Gasteiger partial charge on any atom is -0.458 e. The van der Waals surface area contributed by atoms with Crippen molar-refractivity contribution in [1.29, 1.82) is 0 Å². The highest BCUT2D eigenvalue weighted by Gasteiger charge is 2.12. The molecule has 0 unspecified atom stereocenters. The lowest BCUT2D eigenvalue weighted by molar-refractivity contribution is 0.223. The Kier molecular flexibility index (Phi) is 9.42. The van der Waals surface area contributed by atoms with E-state index in [1.54, 1.807) is 0 Å². The zero-order valence-electron chi connectivity index (χ0n) is 26.3. The number of hydrogen-bond acceptors (Lipinski definition) is 6. The molecule has 7 rings (SSSR count). The van der Waals surface area contributed by atoms with E-state index >= 15 is 0 Å². The van der Waals surface area contributed by atoms with Gasteiger partial charge in [0.2, 0.25) is 0 Å². The molecule has 0 saturated heterocycles. The first-order chi connectivity index (χ1) is 23.7. The average Bonchev–Trinajstić information content (AvgIpc) is 3.17. The molecule has 48 heavy (non-hydrogen) atoms. The Morgan fingerprint density at radius 1 is 0.271 bits per heavy atom. The van der Waals surface area contributed by atoms with E-state index in [1.807, 2.05) is 91.0 Å². The fourth-order valence-electron chi connectivity index (χ4n) is 5.23. The van der Waals surface area contributed by atoms with Crippen LogP contribution >= 0.6 is 0 Å². The van der Waals surface area contributed by atoms with Crippen molar-refractivity contribution >= 4 is 0 Å². The van der Waals surface area contributed by atoms with Gasteiger partial charge in [-0.25, -0.2) is 0 Å². The predicted molar refractivity (Wildman–Crippen MR) is 188 cm³/mol. The summed E-state index contributed by atoms with van der Waals surface area (Å²) >= 11 is 0. The van der Waals surface area contributed by atoms with Crippen LogP contribution in [0.4, 0.5) is 0 Å². The third kappa shape index (κ3) is 7.92. The molecule has 0 spiro atoms. The van der Waals surface area contributed by atoms with E-state index in [9.17, 15) is 0 Å². The van der Waals surface area contributed by atoms with Crippen LogP contribution in [0.3, 0.4) is 0 Å². The van der Waals surface area contributed by atoms with Crippen LogP contribution in [0.1, 0.15) is 16.7 Å². The van der Waals surface area contributed by atoms with Gasteiger partial charge in [0.25, 0.3) is 0 Å². The molecule has 0 N–H and O–H groups in total. The SMILES string of the molecule is c1ccc(-c2ccc(COc3nc(OCc4ccc(-c5ccccc5)cc4)nc(OCc4ccc(-c5ccccc5)cc4)n3)cc2)cc1. The lowest BCUT2D eigenvalue weighted by Gasteiger charge is -2.11. The molecule has 6 aromatic carbocycles. The normalized spacial score (nSPS) is 10.8. The number of ether oxygens (including phenoxy) is 3. The molecule has 0 radical (unpaired) electrons. The number of rotatable bonds is 12. The minimum absolute atomic E-state index is 0.126. The van der Waals surface area contributed by atoms with Crippen LogP contribution in [0.25, 0.3) is 33.4 Å². The Balaban J connectivity index is 1.05. The second-order valence-electron chi connectivity index (χ2n) is 11.2. The van der Waals surface area contributed by atoms with Gasteiger partial charge in [0.15, 0.2) is 0 Å². The first-order valence-electron chi connectivity index (χ1n) is 15.8.